The van der Waals surface area contributed by atoms with Crippen molar-refractivity contribution in [3.63, 3.8) is 0 Å². The average molecular weight is 317 g/mol. The van der Waals surface area contributed by atoms with Crippen molar-refractivity contribution in [1.82, 2.24) is 10.6 Å². The van der Waals surface area contributed by atoms with Crippen LogP contribution in [0.5, 0.6) is 0 Å². The van der Waals surface area contributed by atoms with Crippen LogP contribution in [-0.4, -0.2) is 31.1 Å². The summed E-state index contributed by atoms with van der Waals surface area (Å²) >= 11 is 0. The SMILES string of the molecule is CCC(=O)NC[C@H](CN[C@H]1CCCc2ccccc2CC1)N=O. The predicted octanol–water partition coefficient (Wildman–Crippen LogP) is 2.57. The van der Waals surface area contributed by atoms with E-state index in [9.17, 15) is 9.70 Å². The number of aryl methyl sites for hydroxylation is 2. The lowest BCUT2D eigenvalue weighted by atomic mass is 9.91. The number of hydrogen-bond donors (Lipinski definition) is 2. The first kappa shape index (κ1) is 17.6. The largest absolute Gasteiger partial charge is 0.354 e. The standard InChI is InChI=1S/C18H27N3O2/c1-2-18(22)20-13-17(21-23)12-19-16-9-5-8-14-6-3-4-7-15(14)10-11-16/h3-4,6-7,16-17,19H,2,5,8-13H2,1H3,(H,20,22)/t16-,17-/m0/s1. The first-order valence-electron chi connectivity index (χ1n) is 8.62. The molecule has 23 heavy (non-hydrogen) atoms. The highest BCUT2D eigenvalue weighted by molar-refractivity contribution is 5.75. The van der Waals surface area contributed by atoms with E-state index in [1.165, 1.54) is 11.1 Å². The highest BCUT2D eigenvalue weighted by Crippen LogP contribution is 2.20. The minimum absolute atomic E-state index is 0.0405. The third kappa shape index (κ3) is 5.75. The number of nitroso groups, excluding NO2 is 1. The Morgan fingerprint density at radius 3 is 2.65 bits per heavy atom. The highest BCUT2D eigenvalue weighted by Gasteiger charge is 2.16. The van der Waals surface area contributed by atoms with Gasteiger partial charge in [-0.15, -0.1) is 0 Å². The summed E-state index contributed by atoms with van der Waals surface area (Å²) in [5, 5.41) is 9.33. The van der Waals surface area contributed by atoms with Crippen molar-refractivity contribution in [3.05, 3.63) is 40.3 Å². The summed E-state index contributed by atoms with van der Waals surface area (Å²) in [7, 11) is 0. The van der Waals surface area contributed by atoms with Crippen molar-refractivity contribution in [1.29, 1.82) is 0 Å². The van der Waals surface area contributed by atoms with E-state index >= 15 is 0 Å². The van der Waals surface area contributed by atoms with Crippen LogP contribution >= 0.6 is 0 Å². The second kappa shape index (κ2) is 9.40. The summed E-state index contributed by atoms with van der Waals surface area (Å²) in [6.07, 6.45) is 5.96. The number of hydrogen-bond acceptors (Lipinski definition) is 4. The minimum atomic E-state index is -0.400. The van der Waals surface area contributed by atoms with Crippen LogP contribution in [0, 0.1) is 4.91 Å². The Balaban J connectivity index is 1.79. The number of nitrogens with one attached hydrogen (secondary N) is 2. The Labute approximate surface area is 138 Å². The van der Waals surface area contributed by atoms with Gasteiger partial charge in [0.1, 0.15) is 6.04 Å². The van der Waals surface area contributed by atoms with Gasteiger partial charge in [-0.3, -0.25) is 4.79 Å². The van der Waals surface area contributed by atoms with Crippen LogP contribution in [0.2, 0.25) is 0 Å². The van der Waals surface area contributed by atoms with Gasteiger partial charge in [-0.1, -0.05) is 36.4 Å². The minimum Gasteiger partial charge on any atom is -0.354 e. The van der Waals surface area contributed by atoms with Gasteiger partial charge in [0, 0.05) is 25.6 Å². The van der Waals surface area contributed by atoms with Crippen molar-refractivity contribution in [2.75, 3.05) is 13.1 Å². The molecule has 1 aromatic carbocycles. The van der Waals surface area contributed by atoms with Crippen molar-refractivity contribution >= 4 is 5.91 Å². The normalized spacial score (nSPS) is 19.1. The number of amides is 1. The maximum Gasteiger partial charge on any atom is 0.219 e. The molecular weight excluding hydrogens is 290 g/mol. The Morgan fingerprint density at radius 1 is 1.22 bits per heavy atom. The Hall–Kier alpha value is -1.75. The fourth-order valence-corrected chi connectivity index (χ4v) is 3.07. The maximum absolute atomic E-state index is 11.3. The van der Waals surface area contributed by atoms with Gasteiger partial charge in [0.05, 0.1) is 0 Å². The summed E-state index contributed by atoms with van der Waals surface area (Å²) in [5.74, 6) is -0.0405. The molecule has 0 aromatic heterocycles. The molecule has 0 aliphatic heterocycles. The molecule has 0 bridgehead atoms. The maximum atomic E-state index is 11.3. The molecule has 1 aliphatic carbocycles. The lowest BCUT2D eigenvalue weighted by Crippen LogP contribution is -2.41. The van der Waals surface area contributed by atoms with Gasteiger partial charge in [0.25, 0.3) is 0 Å². The van der Waals surface area contributed by atoms with Gasteiger partial charge in [-0.05, 0) is 43.2 Å². The Bertz CT molecular complexity index is 519. The summed E-state index contributed by atoms with van der Waals surface area (Å²) in [4.78, 5) is 22.2. The van der Waals surface area contributed by atoms with Gasteiger partial charge in [-0.25, -0.2) is 0 Å². The van der Waals surface area contributed by atoms with E-state index < -0.39 is 6.04 Å². The molecule has 0 saturated heterocycles. The van der Waals surface area contributed by atoms with Gasteiger partial charge in [-0.2, -0.15) is 4.91 Å². The van der Waals surface area contributed by atoms with Crippen LogP contribution in [0.15, 0.2) is 29.4 Å². The third-order valence-electron chi connectivity index (χ3n) is 4.53. The molecule has 5 nitrogen and oxygen atoms in total. The highest BCUT2D eigenvalue weighted by atomic mass is 16.3. The first-order chi connectivity index (χ1) is 11.2. The van der Waals surface area contributed by atoms with Crippen molar-refractivity contribution in [2.45, 2.75) is 57.5 Å². The number of fused-ring (bicyclic) bond motifs is 1. The summed E-state index contributed by atoms with van der Waals surface area (Å²) in [5.41, 5.74) is 2.92. The van der Waals surface area contributed by atoms with E-state index in [0.717, 1.165) is 32.1 Å². The number of nitrogens with zero attached hydrogens (tertiary/aromatic N) is 1. The summed E-state index contributed by atoms with van der Waals surface area (Å²) < 4.78 is 0. The second-order valence-corrected chi connectivity index (χ2v) is 6.22. The number of carbonyl (C=O) groups is 1. The number of rotatable bonds is 7. The third-order valence-corrected chi connectivity index (χ3v) is 4.53. The average Bonchev–Trinajstić information content (AvgIpc) is 2.57. The molecule has 1 amide bonds. The van der Waals surface area contributed by atoms with Gasteiger partial charge < -0.3 is 10.6 Å². The number of benzene rings is 1. The monoisotopic (exact) mass is 317 g/mol. The molecule has 0 fully saturated rings. The van der Waals surface area contributed by atoms with E-state index in [1.807, 2.05) is 0 Å². The molecule has 2 rings (SSSR count). The van der Waals surface area contributed by atoms with E-state index in [2.05, 4.69) is 40.1 Å². The van der Waals surface area contributed by atoms with Gasteiger partial charge in [0.2, 0.25) is 5.91 Å². The summed E-state index contributed by atoms with van der Waals surface area (Å²) in [6, 6.07) is 8.67. The van der Waals surface area contributed by atoms with Crippen LogP contribution < -0.4 is 10.6 Å². The van der Waals surface area contributed by atoms with Crippen LogP contribution in [0.1, 0.15) is 43.7 Å². The van der Waals surface area contributed by atoms with Gasteiger partial charge in [0.15, 0.2) is 0 Å². The molecule has 0 radical (unpaired) electrons. The Morgan fingerprint density at radius 2 is 1.96 bits per heavy atom. The fourth-order valence-electron chi connectivity index (χ4n) is 3.07. The fraction of sp³-hybridized carbons (Fsp3) is 0.611. The Kier molecular flexibility index (Phi) is 7.20. The molecule has 2 atom stereocenters. The van der Waals surface area contributed by atoms with Crippen LogP contribution in [0.4, 0.5) is 0 Å². The zero-order valence-electron chi connectivity index (χ0n) is 13.9. The second-order valence-electron chi connectivity index (χ2n) is 6.22. The van der Waals surface area contributed by atoms with E-state index in [0.29, 0.717) is 25.6 Å². The summed E-state index contributed by atoms with van der Waals surface area (Å²) in [6.45, 7) is 2.64. The smallest absolute Gasteiger partial charge is 0.219 e. The quantitative estimate of drug-likeness (QED) is 0.759. The molecule has 0 spiro atoms. The van der Waals surface area contributed by atoms with Crippen LogP contribution in [0.25, 0.3) is 0 Å². The lowest BCUT2D eigenvalue weighted by Gasteiger charge is -2.23. The van der Waals surface area contributed by atoms with Crippen LogP contribution in [0.3, 0.4) is 0 Å². The zero-order valence-corrected chi connectivity index (χ0v) is 13.9. The molecular formula is C18H27N3O2. The molecule has 0 saturated carbocycles. The van der Waals surface area contributed by atoms with E-state index in [1.54, 1.807) is 6.92 Å². The zero-order chi connectivity index (χ0) is 16.5. The molecule has 2 N–H and O–H groups in total. The number of carbonyl (C=O) groups excluding carboxylic acids is 1. The van der Waals surface area contributed by atoms with Crippen molar-refractivity contribution in [2.24, 2.45) is 5.18 Å². The molecule has 0 heterocycles. The molecule has 1 aromatic rings. The van der Waals surface area contributed by atoms with Crippen LogP contribution in [-0.2, 0) is 17.6 Å². The van der Waals surface area contributed by atoms with Gasteiger partial charge >= 0.3 is 0 Å². The topological polar surface area (TPSA) is 70.6 Å². The van der Waals surface area contributed by atoms with E-state index in [4.69, 9.17) is 0 Å². The van der Waals surface area contributed by atoms with Crippen molar-refractivity contribution < 1.29 is 4.79 Å². The van der Waals surface area contributed by atoms with Crippen molar-refractivity contribution in [3.8, 4) is 0 Å². The molecule has 1 aliphatic rings. The van der Waals surface area contributed by atoms with E-state index in [-0.39, 0.29) is 5.91 Å². The molecule has 126 valence electrons. The first-order valence-corrected chi connectivity index (χ1v) is 8.62. The molecule has 5 heteroatoms. The molecule has 0 unspecified atom stereocenters. The lowest BCUT2D eigenvalue weighted by molar-refractivity contribution is -0.120. The predicted molar refractivity (Wildman–Crippen MR) is 92.4 cm³/mol.